The van der Waals surface area contributed by atoms with E-state index in [2.05, 4.69) is 19.2 Å². The molecule has 1 saturated heterocycles. The molecule has 5 heteroatoms. The largest absolute Gasteiger partial charge is 0.363 e. The minimum absolute atomic E-state index is 0.0454. The Balaban J connectivity index is 2.43. The molecular weight excluding hydrogens is 277 g/mol. The molecule has 0 spiro atoms. The number of anilines is 1. The summed E-state index contributed by atoms with van der Waals surface area (Å²) in [6.07, 6.45) is 0.875. The van der Waals surface area contributed by atoms with E-state index in [0.717, 1.165) is 12.5 Å². The third kappa shape index (κ3) is 3.18. The Morgan fingerprint density at radius 1 is 1.24 bits per heavy atom. The topological polar surface area (TPSA) is 15.3 Å². The molecular formula is C16H23F3N2. The molecule has 0 radical (unpaired) electrons. The van der Waals surface area contributed by atoms with Crippen molar-refractivity contribution in [1.82, 2.24) is 5.32 Å². The number of nitrogens with one attached hydrogen (secondary N) is 1. The van der Waals surface area contributed by atoms with E-state index in [1.54, 1.807) is 0 Å². The second-order valence-electron chi connectivity index (χ2n) is 6.45. The van der Waals surface area contributed by atoms with Gasteiger partial charge in [0.05, 0.1) is 5.69 Å². The Hall–Kier alpha value is -1.23. The smallest absolute Gasteiger partial charge is 0.161 e. The summed E-state index contributed by atoms with van der Waals surface area (Å²) in [5, 5.41) is 3.49. The maximum Gasteiger partial charge on any atom is 0.161 e. The van der Waals surface area contributed by atoms with E-state index in [0.29, 0.717) is 19.2 Å². The molecule has 1 aliphatic heterocycles. The SMILES string of the molecule is CCC1(C)CN(c2cc(F)c(F)cc2F)C(C(C)C)CN1. The molecule has 118 valence electrons. The predicted octanol–water partition coefficient (Wildman–Crippen LogP) is 3.71. The van der Waals surface area contributed by atoms with Crippen LogP contribution in [0.3, 0.4) is 0 Å². The maximum absolute atomic E-state index is 14.1. The molecule has 0 aromatic heterocycles. The summed E-state index contributed by atoms with van der Waals surface area (Å²) in [4.78, 5) is 1.88. The molecule has 2 unspecified atom stereocenters. The van der Waals surface area contributed by atoms with E-state index in [1.807, 2.05) is 18.7 Å². The van der Waals surface area contributed by atoms with Crippen LogP contribution in [0, 0.1) is 23.4 Å². The first kappa shape index (κ1) is 16.1. The third-order valence-corrected chi connectivity index (χ3v) is 4.51. The van der Waals surface area contributed by atoms with Crippen molar-refractivity contribution in [3.05, 3.63) is 29.6 Å². The fourth-order valence-corrected chi connectivity index (χ4v) is 2.84. The monoisotopic (exact) mass is 300 g/mol. The van der Waals surface area contributed by atoms with Crippen LogP contribution in [0.25, 0.3) is 0 Å². The van der Waals surface area contributed by atoms with Crippen molar-refractivity contribution in [1.29, 1.82) is 0 Å². The molecule has 1 fully saturated rings. The number of benzene rings is 1. The van der Waals surface area contributed by atoms with Crippen LogP contribution in [-0.4, -0.2) is 24.7 Å². The first-order chi connectivity index (χ1) is 9.77. The Labute approximate surface area is 124 Å². The summed E-state index contributed by atoms with van der Waals surface area (Å²) in [7, 11) is 0. The molecule has 0 bridgehead atoms. The number of hydrogen-bond donors (Lipinski definition) is 1. The number of nitrogens with zero attached hydrogens (tertiary/aromatic N) is 1. The summed E-state index contributed by atoms with van der Waals surface area (Å²) in [6.45, 7) is 9.48. The van der Waals surface area contributed by atoms with E-state index < -0.39 is 17.5 Å². The van der Waals surface area contributed by atoms with Gasteiger partial charge in [-0.1, -0.05) is 20.8 Å². The van der Waals surface area contributed by atoms with Gasteiger partial charge in [0.15, 0.2) is 11.6 Å². The van der Waals surface area contributed by atoms with E-state index in [1.165, 1.54) is 0 Å². The Morgan fingerprint density at radius 3 is 2.43 bits per heavy atom. The molecule has 2 atom stereocenters. The molecule has 21 heavy (non-hydrogen) atoms. The number of hydrogen-bond acceptors (Lipinski definition) is 2. The van der Waals surface area contributed by atoms with Crippen molar-refractivity contribution < 1.29 is 13.2 Å². The lowest BCUT2D eigenvalue weighted by molar-refractivity contribution is 0.251. The fourth-order valence-electron chi connectivity index (χ4n) is 2.84. The van der Waals surface area contributed by atoms with Crippen molar-refractivity contribution in [3.63, 3.8) is 0 Å². The summed E-state index contributed by atoms with van der Waals surface area (Å²) < 4.78 is 40.8. The number of piperazine rings is 1. The molecule has 0 saturated carbocycles. The van der Waals surface area contributed by atoms with Gasteiger partial charge in [0, 0.05) is 36.8 Å². The van der Waals surface area contributed by atoms with Gasteiger partial charge in [-0.05, 0) is 19.3 Å². The summed E-state index contributed by atoms with van der Waals surface area (Å²) in [5.41, 5.74) is -0.0170. The van der Waals surface area contributed by atoms with Crippen molar-refractivity contribution >= 4 is 5.69 Å². The van der Waals surface area contributed by atoms with Crippen LogP contribution < -0.4 is 10.2 Å². The van der Waals surface area contributed by atoms with Gasteiger partial charge in [0.25, 0.3) is 0 Å². The van der Waals surface area contributed by atoms with E-state index in [9.17, 15) is 13.2 Å². The standard InChI is InChI=1S/C16H23F3N2/c1-5-16(4)9-21(15(8-20-16)10(2)3)14-7-12(18)11(17)6-13(14)19/h6-7,10,15,20H,5,8-9H2,1-4H3. The average Bonchev–Trinajstić information content (AvgIpc) is 2.42. The molecule has 1 heterocycles. The molecule has 0 aliphatic carbocycles. The lowest BCUT2D eigenvalue weighted by Crippen LogP contribution is -2.64. The van der Waals surface area contributed by atoms with Crippen LogP contribution in [0.15, 0.2) is 12.1 Å². The highest BCUT2D eigenvalue weighted by atomic mass is 19.2. The summed E-state index contributed by atoms with van der Waals surface area (Å²) in [5.74, 6) is -2.59. The Bertz CT molecular complexity index is 518. The van der Waals surface area contributed by atoms with Gasteiger partial charge in [-0.15, -0.1) is 0 Å². The Morgan fingerprint density at radius 2 is 1.86 bits per heavy atom. The summed E-state index contributed by atoms with van der Waals surface area (Å²) in [6, 6.07) is 1.65. The van der Waals surface area contributed by atoms with Crippen LogP contribution in [0.2, 0.25) is 0 Å². The first-order valence-corrected chi connectivity index (χ1v) is 7.43. The van der Waals surface area contributed by atoms with Crippen molar-refractivity contribution in [2.45, 2.75) is 45.7 Å². The number of halogens is 3. The zero-order valence-electron chi connectivity index (χ0n) is 13.0. The highest BCUT2D eigenvalue weighted by Crippen LogP contribution is 2.31. The Kier molecular flexibility index (Phi) is 4.51. The van der Waals surface area contributed by atoms with Crippen LogP contribution in [0.5, 0.6) is 0 Å². The number of rotatable bonds is 3. The normalized spacial score (nSPS) is 26.5. The minimum Gasteiger partial charge on any atom is -0.363 e. The minimum atomic E-state index is -1.15. The second kappa shape index (κ2) is 5.87. The summed E-state index contributed by atoms with van der Waals surface area (Å²) >= 11 is 0. The molecule has 0 amide bonds. The third-order valence-electron chi connectivity index (χ3n) is 4.51. The van der Waals surface area contributed by atoms with Gasteiger partial charge >= 0.3 is 0 Å². The van der Waals surface area contributed by atoms with Crippen LogP contribution in [0.1, 0.15) is 34.1 Å². The van der Waals surface area contributed by atoms with Crippen LogP contribution >= 0.6 is 0 Å². The van der Waals surface area contributed by atoms with Gasteiger partial charge in [0.2, 0.25) is 0 Å². The van der Waals surface area contributed by atoms with Crippen molar-refractivity contribution in [3.8, 4) is 0 Å². The van der Waals surface area contributed by atoms with Crippen molar-refractivity contribution in [2.75, 3.05) is 18.0 Å². The lowest BCUT2D eigenvalue weighted by atomic mass is 9.89. The zero-order valence-corrected chi connectivity index (χ0v) is 13.0. The highest BCUT2D eigenvalue weighted by Gasteiger charge is 2.37. The van der Waals surface area contributed by atoms with E-state index in [4.69, 9.17) is 0 Å². The molecule has 1 aromatic carbocycles. The lowest BCUT2D eigenvalue weighted by Gasteiger charge is -2.48. The first-order valence-electron chi connectivity index (χ1n) is 7.43. The van der Waals surface area contributed by atoms with E-state index >= 15 is 0 Å². The molecule has 2 rings (SSSR count). The van der Waals surface area contributed by atoms with Gasteiger partial charge in [-0.2, -0.15) is 0 Å². The molecule has 1 aromatic rings. The van der Waals surface area contributed by atoms with Gasteiger partial charge < -0.3 is 10.2 Å². The average molecular weight is 300 g/mol. The second-order valence-corrected chi connectivity index (χ2v) is 6.45. The van der Waals surface area contributed by atoms with Gasteiger partial charge in [0.1, 0.15) is 5.82 Å². The van der Waals surface area contributed by atoms with Gasteiger partial charge in [-0.25, -0.2) is 13.2 Å². The van der Waals surface area contributed by atoms with E-state index in [-0.39, 0.29) is 23.2 Å². The maximum atomic E-state index is 14.1. The van der Waals surface area contributed by atoms with Crippen LogP contribution in [-0.2, 0) is 0 Å². The molecule has 1 N–H and O–H groups in total. The van der Waals surface area contributed by atoms with Crippen molar-refractivity contribution in [2.24, 2.45) is 5.92 Å². The molecule has 2 nitrogen and oxygen atoms in total. The zero-order chi connectivity index (χ0) is 15.8. The highest BCUT2D eigenvalue weighted by molar-refractivity contribution is 5.51. The van der Waals surface area contributed by atoms with Crippen LogP contribution in [0.4, 0.5) is 18.9 Å². The quantitative estimate of drug-likeness (QED) is 0.856. The predicted molar refractivity (Wildman–Crippen MR) is 79.0 cm³/mol. The fraction of sp³-hybridized carbons (Fsp3) is 0.625. The van der Waals surface area contributed by atoms with Gasteiger partial charge in [-0.3, -0.25) is 0 Å². The molecule has 1 aliphatic rings.